The zero-order valence-electron chi connectivity index (χ0n) is 7.54. The number of rotatable bonds is 3. The summed E-state index contributed by atoms with van der Waals surface area (Å²) in [6, 6.07) is 5.25. The zero-order valence-corrected chi connectivity index (χ0v) is 9.87. The van der Waals surface area contributed by atoms with Crippen LogP contribution in [0, 0.1) is 0 Å². The normalized spacial score (nSPS) is 11.6. The summed E-state index contributed by atoms with van der Waals surface area (Å²) in [7, 11) is 0. The number of nitrogens with two attached hydrogens (primary N) is 1. The fraction of sp³-hybridized carbons (Fsp3) is 0.200. The van der Waals surface area contributed by atoms with Gasteiger partial charge in [0.15, 0.2) is 0 Å². The SMILES string of the molecule is C=CC[C@@H](N)c1cc(Cl)cc(Cl)c1.Cl. The summed E-state index contributed by atoms with van der Waals surface area (Å²) in [5, 5.41) is 1.23. The van der Waals surface area contributed by atoms with Gasteiger partial charge in [0.25, 0.3) is 0 Å². The van der Waals surface area contributed by atoms with Gasteiger partial charge in [0.1, 0.15) is 0 Å². The third-order valence-corrected chi connectivity index (χ3v) is 2.17. The van der Waals surface area contributed by atoms with Crippen LogP contribution in [0.1, 0.15) is 18.0 Å². The van der Waals surface area contributed by atoms with E-state index in [2.05, 4.69) is 6.58 Å². The molecule has 0 aliphatic heterocycles. The van der Waals surface area contributed by atoms with Crippen molar-refractivity contribution in [2.45, 2.75) is 12.5 Å². The van der Waals surface area contributed by atoms with Crippen LogP contribution in [0.5, 0.6) is 0 Å². The maximum atomic E-state index is 5.85. The molecule has 1 rings (SSSR count). The fourth-order valence-electron chi connectivity index (χ4n) is 1.10. The lowest BCUT2D eigenvalue weighted by Crippen LogP contribution is -2.08. The Morgan fingerprint density at radius 3 is 2.21 bits per heavy atom. The second kappa shape index (κ2) is 6.31. The minimum atomic E-state index is -0.0753. The van der Waals surface area contributed by atoms with Gasteiger partial charge in [-0.15, -0.1) is 19.0 Å². The van der Waals surface area contributed by atoms with Crippen LogP contribution in [0.25, 0.3) is 0 Å². The molecule has 2 N–H and O–H groups in total. The Bertz CT molecular complexity index is 292. The molecule has 0 unspecified atom stereocenters. The van der Waals surface area contributed by atoms with E-state index in [0.29, 0.717) is 10.0 Å². The Morgan fingerprint density at radius 1 is 1.29 bits per heavy atom. The third-order valence-electron chi connectivity index (χ3n) is 1.73. The van der Waals surface area contributed by atoms with Crippen molar-refractivity contribution in [2.24, 2.45) is 5.73 Å². The van der Waals surface area contributed by atoms with Crippen LogP contribution < -0.4 is 5.73 Å². The molecule has 0 amide bonds. The first kappa shape index (κ1) is 13.8. The molecule has 0 heterocycles. The van der Waals surface area contributed by atoms with Crippen LogP contribution >= 0.6 is 35.6 Å². The molecule has 14 heavy (non-hydrogen) atoms. The molecular weight excluding hydrogens is 240 g/mol. The standard InChI is InChI=1S/C10H11Cl2N.ClH/c1-2-3-10(13)7-4-8(11)6-9(12)5-7;/h2,4-6,10H,1,3,13H2;1H/t10-;/m1./s1. The monoisotopic (exact) mass is 251 g/mol. The van der Waals surface area contributed by atoms with Crippen LogP contribution in [0.3, 0.4) is 0 Å². The van der Waals surface area contributed by atoms with Gasteiger partial charge in [-0.05, 0) is 30.2 Å². The molecule has 0 aromatic heterocycles. The summed E-state index contributed by atoms with van der Waals surface area (Å²) < 4.78 is 0. The van der Waals surface area contributed by atoms with E-state index in [1.807, 2.05) is 12.1 Å². The minimum Gasteiger partial charge on any atom is -0.324 e. The van der Waals surface area contributed by atoms with Crippen LogP contribution in [0.15, 0.2) is 30.9 Å². The number of hydrogen-bond acceptors (Lipinski definition) is 1. The molecule has 0 aliphatic rings. The largest absolute Gasteiger partial charge is 0.324 e. The molecule has 1 atom stereocenters. The average Bonchev–Trinajstić information content (AvgIpc) is 2.03. The first-order chi connectivity index (χ1) is 6.13. The third kappa shape index (κ3) is 3.89. The lowest BCUT2D eigenvalue weighted by molar-refractivity contribution is 0.742. The van der Waals surface area contributed by atoms with Gasteiger partial charge in [-0.2, -0.15) is 0 Å². The van der Waals surface area contributed by atoms with E-state index in [4.69, 9.17) is 28.9 Å². The maximum Gasteiger partial charge on any atom is 0.0424 e. The van der Waals surface area contributed by atoms with Crippen molar-refractivity contribution in [3.8, 4) is 0 Å². The molecule has 0 spiro atoms. The van der Waals surface area contributed by atoms with Gasteiger partial charge in [0, 0.05) is 16.1 Å². The van der Waals surface area contributed by atoms with Crippen LogP contribution in [0.4, 0.5) is 0 Å². The van der Waals surface area contributed by atoms with E-state index in [-0.39, 0.29) is 18.4 Å². The lowest BCUT2D eigenvalue weighted by Gasteiger charge is -2.09. The van der Waals surface area contributed by atoms with Gasteiger partial charge in [0.2, 0.25) is 0 Å². The van der Waals surface area contributed by atoms with Gasteiger partial charge in [0.05, 0.1) is 0 Å². The highest BCUT2D eigenvalue weighted by Crippen LogP contribution is 2.23. The Morgan fingerprint density at radius 2 is 1.79 bits per heavy atom. The first-order valence-corrected chi connectivity index (χ1v) is 4.71. The van der Waals surface area contributed by atoms with Gasteiger partial charge < -0.3 is 5.73 Å². The van der Waals surface area contributed by atoms with E-state index in [9.17, 15) is 0 Å². The second-order valence-electron chi connectivity index (χ2n) is 2.83. The Balaban J connectivity index is 0.00000169. The van der Waals surface area contributed by atoms with E-state index < -0.39 is 0 Å². The molecule has 0 bridgehead atoms. The van der Waals surface area contributed by atoms with Crippen LogP contribution in [0.2, 0.25) is 10.0 Å². The highest BCUT2D eigenvalue weighted by Gasteiger charge is 2.05. The van der Waals surface area contributed by atoms with Crippen molar-refractivity contribution in [3.05, 3.63) is 46.5 Å². The average molecular weight is 253 g/mol. The maximum absolute atomic E-state index is 5.85. The van der Waals surface area contributed by atoms with Crippen molar-refractivity contribution >= 4 is 35.6 Å². The Labute approximate surface area is 100 Å². The van der Waals surface area contributed by atoms with Gasteiger partial charge in [-0.3, -0.25) is 0 Å². The molecular formula is C10H12Cl3N. The zero-order chi connectivity index (χ0) is 9.84. The predicted octanol–water partition coefficient (Wildman–Crippen LogP) is 3.99. The Kier molecular flexibility index (Phi) is 6.21. The van der Waals surface area contributed by atoms with Crippen LogP contribution in [-0.2, 0) is 0 Å². The molecule has 1 nitrogen and oxygen atoms in total. The summed E-state index contributed by atoms with van der Waals surface area (Å²) >= 11 is 11.7. The molecule has 1 aromatic carbocycles. The summed E-state index contributed by atoms with van der Waals surface area (Å²) in [5.74, 6) is 0. The number of benzene rings is 1. The molecule has 4 heteroatoms. The molecule has 0 saturated carbocycles. The molecule has 0 aliphatic carbocycles. The van der Waals surface area contributed by atoms with Crippen molar-refractivity contribution < 1.29 is 0 Å². The highest BCUT2D eigenvalue weighted by molar-refractivity contribution is 6.34. The smallest absolute Gasteiger partial charge is 0.0424 e. The first-order valence-electron chi connectivity index (χ1n) is 3.96. The van der Waals surface area contributed by atoms with E-state index in [0.717, 1.165) is 12.0 Å². The van der Waals surface area contributed by atoms with Crippen LogP contribution in [-0.4, -0.2) is 0 Å². The van der Waals surface area contributed by atoms with E-state index >= 15 is 0 Å². The fourth-order valence-corrected chi connectivity index (χ4v) is 1.65. The van der Waals surface area contributed by atoms with Crippen molar-refractivity contribution in [1.29, 1.82) is 0 Å². The predicted molar refractivity (Wildman–Crippen MR) is 65.5 cm³/mol. The topological polar surface area (TPSA) is 26.0 Å². The van der Waals surface area contributed by atoms with E-state index in [1.165, 1.54) is 0 Å². The van der Waals surface area contributed by atoms with E-state index in [1.54, 1.807) is 12.1 Å². The lowest BCUT2D eigenvalue weighted by atomic mass is 10.1. The molecule has 78 valence electrons. The number of halogens is 3. The number of hydrogen-bond donors (Lipinski definition) is 1. The van der Waals surface area contributed by atoms with Gasteiger partial charge in [-0.25, -0.2) is 0 Å². The van der Waals surface area contributed by atoms with Crippen molar-refractivity contribution in [2.75, 3.05) is 0 Å². The van der Waals surface area contributed by atoms with Gasteiger partial charge >= 0.3 is 0 Å². The van der Waals surface area contributed by atoms with Gasteiger partial charge in [-0.1, -0.05) is 29.3 Å². The Hall–Kier alpha value is -0.210. The summed E-state index contributed by atoms with van der Waals surface area (Å²) in [4.78, 5) is 0. The molecule has 0 fully saturated rings. The molecule has 0 radical (unpaired) electrons. The summed E-state index contributed by atoms with van der Waals surface area (Å²) in [6.07, 6.45) is 2.50. The second-order valence-corrected chi connectivity index (χ2v) is 3.71. The van der Waals surface area contributed by atoms with Crippen molar-refractivity contribution in [1.82, 2.24) is 0 Å². The molecule has 0 saturated heterocycles. The minimum absolute atomic E-state index is 0. The summed E-state index contributed by atoms with van der Waals surface area (Å²) in [5.41, 5.74) is 6.80. The van der Waals surface area contributed by atoms with Crippen molar-refractivity contribution in [3.63, 3.8) is 0 Å². The quantitative estimate of drug-likeness (QED) is 0.809. The summed E-state index contributed by atoms with van der Waals surface area (Å²) in [6.45, 7) is 3.63. The highest BCUT2D eigenvalue weighted by atomic mass is 35.5. The molecule has 1 aromatic rings.